The minimum atomic E-state index is 0.602. The zero-order valence-corrected chi connectivity index (χ0v) is 11.0. The van der Waals surface area contributed by atoms with E-state index in [-0.39, 0.29) is 0 Å². The van der Waals surface area contributed by atoms with Crippen molar-refractivity contribution in [2.24, 2.45) is 5.92 Å². The van der Waals surface area contributed by atoms with Crippen molar-refractivity contribution in [3.63, 3.8) is 0 Å². The van der Waals surface area contributed by atoms with Crippen molar-refractivity contribution < 1.29 is 4.74 Å². The standard InChI is InChI=1S/C12H28N2O/c1-6-13-10-12(11(3)4)14(5)8-9-15-7-2/h11-13H,6-10H2,1-5H3. The third-order valence-corrected chi connectivity index (χ3v) is 2.73. The highest BCUT2D eigenvalue weighted by Gasteiger charge is 2.17. The molecule has 1 atom stereocenters. The van der Waals surface area contributed by atoms with Crippen molar-refractivity contribution in [1.29, 1.82) is 0 Å². The molecule has 0 radical (unpaired) electrons. The first-order valence-electron chi connectivity index (χ1n) is 6.12. The second-order valence-electron chi connectivity index (χ2n) is 4.30. The molecule has 0 bridgehead atoms. The van der Waals surface area contributed by atoms with Gasteiger partial charge in [-0.25, -0.2) is 0 Å². The van der Waals surface area contributed by atoms with Crippen LogP contribution in [0.25, 0.3) is 0 Å². The maximum absolute atomic E-state index is 5.38. The molecule has 0 amide bonds. The van der Waals surface area contributed by atoms with Crippen LogP contribution in [0.15, 0.2) is 0 Å². The molecule has 3 nitrogen and oxygen atoms in total. The molecule has 0 aromatic carbocycles. The van der Waals surface area contributed by atoms with Crippen LogP contribution in [0.2, 0.25) is 0 Å². The zero-order valence-electron chi connectivity index (χ0n) is 11.0. The molecular formula is C12H28N2O. The summed E-state index contributed by atoms with van der Waals surface area (Å²) in [6.45, 7) is 13.5. The van der Waals surface area contributed by atoms with Gasteiger partial charge in [0.15, 0.2) is 0 Å². The Balaban J connectivity index is 3.87. The second-order valence-corrected chi connectivity index (χ2v) is 4.30. The molecule has 0 rings (SSSR count). The Hall–Kier alpha value is -0.120. The zero-order chi connectivity index (χ0) is 11.7. The summed E-state index contributed by atoms with van der Waals surface area (Å²) in [5.74, 6) is 0.677. The molecule has 0 aliphatic carbocycles. The van der Waals surface area contributed by atoms with E-state index in [1.54, 1.807) is 0 Å². The van der Waals surface area contributed by atoms with Gasteiger partial charge in [-0.05, 0) is 26.4 Å². The highest BCUT2D eigenvalue weighted by Crippen LogP contribution is 2.07. The number of ether oxygens (including phenoxy) is 1. The fourth-order valence-corrected chi connectivity index (χ4v) is 1.71. The summed E-state index contributed by atoms with van der Waals surface area (Å²) in [7, 11) is 2.18. The van der Waals surface area contributed by atoms with Gasteiger partial charge in [-0.15, -0.1) is 0 Å². The first-order chi connectivity index (χ1) is 7.13. The average molecular weight is 216 g/mol. The normalized spacial score (nSPS) is 13.8. The molecule has 0 saturated heterocycles. The van der Waals surface area contributed by atoms with E-state index in [0.29, 0.717) is 12.0 Å². The van der Waals surface area contributed by atoms with E-state index in [2.05, 4.69) is 38.0 Å². The van der Waals surface area contributed by atoms with Gasteiger partial charge in [0.25, 0.3) is 0 Å². The smallest absolute Gasteiger partial charge is 0.0593 e. The van der Waals surface area contributed by atoms with Crippen molar-refractivity contribution in [3.05, 3.63) is 0 Å². The maximum atomic E-state index is 5.38. The van der Waals surface area contributed by atoms with Crippen LogP contribution in [0.4, 0.5) is 0 Å². The predicted molar refractivity (Wildman–Crippen MR) is 66.3 cm³/mol. The molecule has 1 unspecified atom stereocenters. The van der Waals surface area contributed by atoms with Gasteiger partial charge in [-0.2, -0.15) is 0 Å². The quantitative estimate of drug-likeness (QED) is 0.592. The molecule has 92 valence electrons. The Morgan fingerprint density at radius 1 is 1.27 bits per heavy atom. The molecule has 0 saturated carbocycles. The molecule has 0 aliphatic rings. The first-order valence-corrected chi connectivity index (χ1v) is 6.12. The Labute approximate surface area is 95.2 Å². The first kappa shape index (κ1) is 14.9. The topological polar surface area (TPSA) is 24.5 Å². The molecule has 0 aliphatic heterocycles. The maximum Gasteiger partial charge on any atom is 0.0593 e. The van der Waals surface area contributed by atoms with Gasteiger partial charge >= 0.3 is 0 Å². The fourth-order valence-electron chi connectivity index (χ4n) is 1.71. The van der Waals surface area contributed by atoms with Crippen LogP contribution in [0.3, 0.4) is 0 Å². The third-order valence-electron chi connectivity index (χ3n) is 2.73. The summed E-state index contributed by atoms with van der Waals surface area (Å²) in [5, 5.41) is 3.42. The highest BCUT2D eigenvalue weighted by atomic mass is 16.5. The largest absolute Gasteiger partial charge is 0.380 e. The van der Waals surface area contributed by atoms with Crippen molar-refractivity contribution in [3.8, 4) is 0 Å². The molecular weight excluding hydrogens is 188 g/mol. The Kier molecular flexibility index (Phi) is 9.06. The van der Waals surface area contributed by atoms with Gasteiger partial charge in [0.1, 0.15) is 0 Å². The van der Waals surface area contributed by atoms with Crippen molar-refractivity contribution in [1.82, 2.24) is 10.2 Å². The third kappa shape index (κ3) is 6.88. The molecule has 0 aromatic rings. The van der Waals surface area contributed by atoms with E-state index in [1.807, 2.05) is 6.92 Å². The molecule has 0 heterocycles. The van der Waals surface area contributed by atoms with E-state index in [9.17, 15) is 0 Å². The van der Waals surface area contributed by atoms with E-state index in [0.717, 1.165) is 32.8 Å². The number of nitrogens with zero attached hydrogens (tertiary/aromatic N) is 1. The molecule has 0 fully saturated rings. The van der Waals surface area contributed by atoms with Crippen molar-refractivity contribution in [2.75, 3.05) is 39.9 Å². The summed E-state index contributed by atoms with van der Waals surface area (Å²) in [4.78, 5) is 2.39. The van der Waals surface area contributed by atoms with Gasteiger partial charge in [-0.1, -0.05) is 20.8 Å². The van der Waals surface area contributed by atoms with E-state index in [1.165, 1.54) is 0 Å². The SMILES string of the molecule is CCNCC(C(C)C)N(C)CCOCC. The van der Waals surface area contributed by atoms with Crippen LogP contribution in [0, 0.1) is 5.92 Å². The minimum absolute atomic E-state index is 0.602. The van der Waals surface area contributed by atoms with Gasteiger partial charge in [0.2, 0.25) is 0 Å². The van der Waals surface area contributed by atoms with Crippen LogP contribution in [-0.2, 0) is 4.74 Å². The summed E-state index contributed by atoms with van der Waals surface area (Å²) in [5.41, 5.74) is 0. The Morgan fingerprint density at radius 3 is 2.40 bits per heavy atom. The highest BCUT2D eigenvalue weighted by molar-refractivity contribution is 4.74. The van der Waals surface area contributed by atoms with Gasteiger partial charge in [-0.3, -0.25) is 4.90 Å². The lowest BCUT2D eigenvalue weighted by Crippen LogP contribution is -2.44. The molecule has 15 heavy (non-hydrogen) atoms. The Bertz CT molecular complexity index is 140. The van der Waals surface area contributed by atoms with Crippen molar-refractivity contribution in [2.45, 2.75) is 33.7 Å². The predicted octanol–water partition coefficient (Wildman–Crippen LogP) is 1.59. The lowest BCUT2D eigenvalue weighted by Gasteiger charge is -2.31. The summed E-state index contributed by atoms with van der Waals surface area (Å²) >= 11 is 0. The van der Waals surface area contributed by atoms with E-state index < -0.39 is 0 Å². The number of rotatable bonds is 9. The van der Waals surface area contributed by atoms with Crippen LogP contribution >= 0.6 is 0 Å². The number of hydrogen-bond donors (Lipinski definition) is 1. The van der Waals surface area contributed by atoms with Crippen LogP contribution in [0.1, 0.15) is 27.7 Å². The molecule has 0 aromatic heterocycles. The number of likely N-dealkylation sites (N-methyl/N-ethyl adjacent to an activating group) is 2. The summed E-state index contributed by atoms with van der Waals surface area (Å²) < 4.78 is 5.38. The lowest BCUT2D eigenvalue weighted by atomic mass is 10.0. The lowest BCUT2D eigenvalue weighted by molar-refractivity contribution is 0.0957. The second kappa shape index (κ2) is 9.13. The number of hydrogen-bond acceptors (Lipinski definition) is 3. The summed E-state index contributed by atoms with van der Waals surface area (Å²) in [6, 6.07) is 0.602. The molecule has 3 heteroatoms. The average Bonchev–Trinajstić information content (AvgIpc) is 2.18. The van der Waals surface area contributed by atoms with E-state index in [4.69, 9.17) is 4.74 Å². The van der Waals surface area contributed by atoms with Crippen LogP contribution < -0.4 is 5.32 Å². The van der Waals surface area contributed by atoms with Gasteiger partial charge in [0, 0.05) is 25.7 Å². The number of nitrogens with one attached hydrogen (secondary N) is 1. The van der Waals surface area contributed by atoms with E-state index >= 15 is 0 Å². The van der Waals surface area contributed by atoms with Crippen LogP contribution in [-0.4, -0.2) is 50.8 Å². The molecule has 1 N–H and O–H groups in total. The Morgan fingerprint density at radius 2 is 1.93 bits per heavy atom. The molecule has 0 spiro atoms. The minimum Gasteiger partial charge on any atom is -0.380 e. The van der Waals surface area contributed by atoms with Crippen molar-refractivity contribution >= 4 is 0 Å². The van der Waals surface area contributed by atoms with Crippen LogP contribution in [0.5, 0.6) is 0 Å². The van der Waals surface area contributed by atoms with Gasteiger partial charge in [0.05, 0.1) is 6.61 Å². The fraction of sp³-hybridized carbons (Fsp3) is 1.00. The monoisotopic (exact) mass is 216 g/mol. The summed E-state index contributed by atoms with van der Waals surface area (Å²) in [6.07, 6.45) is 0. The van der Waals surface area contributed by atoms with Gasteiger partial charge < -0.3 is 10.1 Å².